The zero-order valence-corrected chi connectivity index (χ0v) is 12.9. The van der Waals surface area contributed by atoms with Gasteiger partial charge in [0.15, 0.2) is 0 Å². The van der Waals surface area contributed by atoms with E-state index in [0.717, 1.165) is 17.5 Å². The molecule has 2 aliphatic rings. The van der Waals surface area contributed by atoms with Gasteiger partial charge in [-0.2, -0.15) is 8.42 Å². The van der Waals surface area contributed by atoms with Crippen molar-refractivity contribution in [2.75, 3.05) is 10.0 Å². The molecule has 0 aromatic heterocycles. The Hall–Kier alpha value is -1.27. The number of anilines is 2. The zero-order valence-electron chi connectivity index (χ0n) is 12.1. The van der Waals surface area contributed by atoms with Crippen LogP contribution in [0.3, 0.4) is 0 Å². The van der Waals surface area contributed by atoms with Crippen molar-refractivity contribution in [3.05, 3.63) is 24.3 Å². The summed E-state index contributed by atoms with van der Waals surface area (Å²) in [5.41, 5.74) is 1.45. The van der Waals surface area contributed by atoms with Gasteiger partial charge in [-0.1, -0.05) is 18.9 Å². The topological polar surface area (TPSA) is 84.2 Å². The van der Waals surface area contributed by atoms with Crippen molar-refractivity contribution in [2.24, 2.45) is 17.0 Å². The van der Waals surface area contributed by atoms with Crippen molar-refractivity contribution in [3.8, 4) is 0 Å². The molecule has 2 saturated carbocycles. The van der Waals surface area contributed by atoms with Crippen LogP contribution < -0.4 is 15.2 Å². The number of hydrogen-bond acceptors (Lipinski definition) is 3. The predicted molar refractivity (Wildman–Crippen MR) is 85.3 cm³/mol. The quantitative estimate of drug-likeness (QED) is 0.782. The van der Waals surface area contributed by atoms with Crippen LogP contribution in [0.15, 0.2) is 24.3 Å². The van der Waals surface area contributed by atoms with Crippen LogP contribution in [-0.4, -0.2) is 14.5 Å². The van der Waals surface area contributed by atoms with Gasteiger partial charge in [0, 0.05) is 11.7 Å². The zero-order chi connectivity index (χ0) is 14.9. The largest absolute Gasteiger partial charge is 0.382 e. The summed E-state index contributed by atoms with van der Waals surface area (Å²) in [6.45, 7) is 0. The molecule has 6 heteroatoms. The molecule has 2 unspecified atom stereocenters. The highest BCUT2D eigenvalue weighted by Crippen LogP contribution is 2.44. The molecule has 2 atom stereocenters. The highest BCUT2D eigenvalue weighted by Gasteiger charge is 2.34. The van der Waals surface area contributed by atoms with Gasteiger partial charge in [-0.25, -0.2) is 5.14 Å². The third kappa shape index (κ3) is 4.35. The van der Waals surface area contributed by atoms with E-state index in [9.17, 15) is 8.42 Å². The molecule has 0 bridgehead atoms. The average molecular weight is 309 g/mol. The first kappa shape index (κ1) is 14.7. The lowest BCUT2D eigenvalue weighted by Crippen LogP contribution is -2.28. The minimum Gasteiger partial charge on any atom is -0.382 e. The van der Waals surface area contributed by atoms with Gasteiger partial charge < -0.3 is 5.32 Å². The number of rotatable bonds is 5. The predicted octanol–water partition coefficient (Wildman–Crippen LogP) is 2.68. The minimum absolute atomic E-state index is 0.495. The van der Waals surface area contributed by atoms with Crippen LogP contribution in [0.4, 0.5) is 11.4 Å². The second-order valence-corrected chi connectivity index (χ2v) is 7.63. The Kier molecular flexibility index (Phi) is 4.08. The van der Waals surface area contributed by atoms with Gasteiger partial charge in [-0.05, 0) is 55.7 Å². The Morgan fingerprint density at radius 3 is 2.52 bits per heavy atom. The summed E-state index contributed by atoms with van der Waals surface area (Å²) in [4.78, 5) is 0. The third-order valence-corrected chi connectivity index (χ3v) is 5.02. The first-order valence-electron chi connectivity index (χ1n) is 7.67. The summed E-state index contributed by atoms with van der Waals surface area (Å²) >= 11 is 0. The Balaban J connectivity index is 1.62. The van der Waals surface area contributed by atoms with E-state index in [1.165, 1.54) is 38.5 Å². The van der Waals surface area contributed by atoms with Crippen molar-refractivity contribution in [1.29, 1.82) is 0 Å². The molecule has 1 aromatic carbocycles. The summed E-state index contributed by atoms with van der Waals surface area (Å²) in [5.74, 6) is 1.84. The van der Waals surface area contributed by atoms with E-state index >= 15 is 0 Å². The monoisotopic (exact) mass is 309 g/mol. The Morgan fingerprint density at radius 2 is 1.81 bits per heavy atom. The van der Waals surface area contributed by atoms with Gasteiger partial charge in [-0.15, -0.1) is 0 Å². The minimum atomic E-state index is -3.72. The molecule has 5 nitrogen and oxygen atoms in total. The molecular weight excluding hydrogens is 286 g/mol. The normalized spacial score (nSPS) is 26.3. The van der Waals surface area contributed by atoms with Crippen LogP contribution >= 0.6 is 0 Å². The highest BCUT2D eigenvalue weighted by atomic mass is 32.2. The third-order valence-electron chi connectivity index (χ3n) is 4.50. The summed E-state index contributed by atoms with van der Waals surface area (Å²) in [7, 11) is -3.72. The molecule has 0 saturated heterocycles. The summed E-state index contributed by atoms with van der Waals surface area (Å²) < 4.78 is 24.5. The van der Waals surface area contributed by atoms with E-state index in [4.69, 9.17) is 5.14 Å². The van der Waals surface area contributed by atoms with E-state index < -0.39 is 10.2 Å². The summed E-state index contributed by atoms with van der Waals surface area (Å²) in [5, 5.41) is 8.54. The summed E-state index contributed by atoms with van der Waals surface area (Å²) in [6.07, 6.45) is 7.90. The number of nitrogens with two attached hydrogens (primary N) is 1. The van der Waals surface area contributed by atoms with E-state index in [1.54, 1.807) is 12.1 Å². The molecule has 21 heavy (non-hydrogen) atoms. The van der Waals surface area contributed by atoms with Crippen molar-refractivity contribution in [3.63, 3.8) is 0 Å². The second kappa shape index (κ2) is 5.85. The first-order valence-corrected chi connectivity index (χ1v) is 9.21. The average Bonchev–Trinajstić information content (AvgIpc) is 3.21. The van der Waals surface area contributed by atoms with E-state index in [2.05, 4.69) is 10.0 Å². The van der Waals surface area contributed by atoms with Crippen molar-refractivity contribution < 1.29 is 8.42 Å². The van der Waals surface area contributed by atoms with Gasteiger partial charge in [0.05, 0.1) is 5.69 Å². The van der Waals surface area contributed by atoms with Crippen molar-refractivity contribution >= 4 is 21.6 Å². The standard InChI is InChI=1S/C15H23N3O2S/c16-21(19,20)18-15-6-2-5-14(10-15)17-13-4-1-3-12(9-13)11-7-8-11/h2,5-6,10-13,17-18H,1,3-4,7-9H2,(H2,16,19,20). The Labute approximate surface area is 126 Å². The molecule has 1 aromatic rings. The molecule has 2 aliphatic carbocycles. The molecule has 0 heterocycles. The second-order valence-electron chi connectivity index (χ2n) is 6.33. The first-order chi connectivity index (χ1) is 9.99. The van der Waals surface area contributed by atoms with Crippen molar-refractivity contribution in [1.82, 2.24) is 0 Å². The van der Waals surface area contributed by atoms with Crippen LogP contribution in [0.5, 0.6) is 0 Å². The molecule has 116 valence electrons. The van der Waals surface area contributed by atoms with Gasteiger partial charge >= 0.3 is 0 Å². The molecule has 0 spiro atoms. The number of hydrogen-bond donors (Lipinski definition) is 3. The fourth-order valence-corrected chi connectivity index (χ4v) is 3.88. The maximum Gasteiger partial charge on any atom is 0.296 e. The number of benzene rings is 1. The molecule has 3 rings (SSSR count). The van der Waals surface area contributed by atoms with Gasteiger partial charge in [-0.3, -0.25) is 4.72 Å². The lowest BCUT2D eigenvalue weighted by atomic mass is 9.82. The van der Waals surface area contributed by atoms with Crippen molar-refractivity contribution in [2.45, 2.75) is 44.6 Å². The fourth-order valence-electron chi connectivity index (χ4n) is 3.43. The molecular formula is C15H23N3O2S. The smallest absolute Gasteiger partial charge is 0.296 e. The summed E-state index contributed by atoms with van der Waals surface area (Å²) in [6, 6.07) is 7.79. The van der Waals surface area contributed by atoms with E-state index in [-0.39, 0.29) is 0 Å². The molecule has 2 fully saturated rings. The van der Waals surface area contributed by atoms with Gasteiger partial charge in [0.25, 0.3) is 10.2 Å². The Bertz CT molecular complexity index is 599. The highest BCUT2D eigenvalue weighted by molar-refractivity contribution is 7.90. The Morgan fingerprint density at radius 1 is 1.05 bits per heavy atom. The van der Waals surface area contributed by atoms with Crippen LogP contribution in [-0.2, 0) is 10.2 Å². The lowest BCUT2D eigenvalue weighted by Gasteiger charge is -2.30. The van der Waals surface area contributed by atoms with Gasteiger partial charge in [0.1, 0.15) is 0 Å². The maximum atomic E-state index is 11.1. The van der Waals surface area contributed by atoms with Crippen LogP contribution in [0.25, 0.3) is 0 Å². The maximum absolute atomic E-state index is 11.1. The molecule has 4 N–H and O–H groups in total. The van der Waals surface area contributed by atoms with Crippen LogP contribution in [0.1, 0.15) is 38.5 Å². The number of nitrogens with one attached hydrogen (secondary N) is 2. The van der Waals surface area contributed by atoms with Crippen LogP contribution in [0.2, 0.25) is 0 Å². The van der Waals surface area contributed by atoms with Crippen LogP contribution in [0, 0.1) is 11.8 Å². The van der Waals surface area contributed by atoms with E-state index in [0.29, 0.717) is 11.7 Å². The molecule has 0 radical (unpaired) electrons. The van der Waals surface area contributed by atoms with E-state index in [1.807, 2.05) is 12.1 Å². The molecule has 0 aliphatic heterocycles. The SMILES string of the molecule is NS(=O)(=O)Nc1cccc(NC2CCCC(C3CC3)C2)c1. The fraction of sp³-hybridized carbons (Fsp3) is 0.600. The lowest BCUT2D eigenvalue weighted by molar-refractivity contribution is 0.303. The van der Waals surface area contributed by atoms with Gasteiger partial charge in [0.2, 0.25) is 0 Å². The molecule has 0 amide bonds.